The summed E-state index contributed by atoms with van der Waals surface area (Å²) in [5, 5.41) is 4.37. The molecule has 5 heteroatoms. The largest absolute Gasteiger partial charge is 0.457 e. The van der Waals surface area contributed by atoms with Crippen molar-refractivity contribution in [1.29, 1.82) is 0 Å². The van der Waals surface area contributed by atoms with E-state index in [1.54, 1.807) is 30.6 Å². The second-order valence-electron chi connectivity index (χ2n) is 5.19. The van der Waals surface area contributed by atoms with Crippen molar-refractivity contribution >= 4 is 23.2 Å². The predicted octanol–water partition coefficient (Wildman–Crippen LogP) is 4.93. The molecule has 0 spiro atoms. The van der Waals surface area contributed by atoms with Gasteiger partial charge in [-0.1, -0.05) is 37.0 Å². The molecule has 1 heterocycles. The summed E-state index contributed by atoms with van der Waals surface area (Å²) < 4.78 is 5.88. The molecule has 1 aromatic heterocycles. The summed E-state index contributed by atoms with van der Waals surface area (Å²) in [7, 11) is 0. The minimum Gasteiger partial charge on any atom is -0.457 e. The Bertz CT molecular complexity index is 603. The maximum absolute atomic E-state index is 6.00. The van der Waals surface area contributed by atoms with Crippen LogP contribution in [0.4, 0.5) is 0 Å². The van der Waals surface area contributed by atoms with Gasteiger partial charge >= 0.3 is 0 Å². The van der Waals surface area contributed by atoms with Gasteiger partial charge in [-0.15, -0.1) is 0 Å². The van der Waals surface area contributed by atoms with Crippen LogP contribution in [-0.2, 0) is 6.54 Å². The molecule has 0 radical (unpaired) electrons. The van der Waals surface area contributed by atoms with Crippen molar-refractivity contribution in [1.82, 2.24) is 10.3 Å². The molecule has 0 fully saturated rings. The van der Waals surface area contributed by atoms with Gasteiger partial charge in [-0.2, -0.15) is 0 Å². The molecular formula is C16H18Cl2N2O. The van der Waals surface area contributed by atoms with Gasteiger partial charge in [-0.25, -0.2) is 0 Å². The normalized spacial score (nSPS) is 10.9. The van der Waals surface area contributed by atoms with E-state index in [0.717, 1.165) is 17.9 Å². The van der Waals surface area contributed by atoms with E-state index in [0.29, 0.717) is 28.3 Å². The van der Waals surface area contributed by atoms with E-state index in [1.165, 1.54) is 0 Å². The highest BCUT2D eigenvalue weighted by atomic mass is 35.5. The van der Waals surface area contributed by atoms with Gasteiger partial charge in [-0.05, 0) is 30.7 Å². The lowest BCUT2D eigenvalue weighted by Gasteiger charge is -2.12. The van der Waals surface area contributed by atoms with E-state index in [2.05, 4.69) is 24.1 Å². The number of aromatic nitrogens is 1. The molecule has 1 N–H and O–H groups in total. The molecule has 2 aromatic rings. The molecule has 0 aliphatic heterocycles. The van der Waals surface area contributed by atoms with E-state index < -0.39 is 0 Å². The van der Waals surface area contributed by atoms with Crippen molar-refractivity contribution < 1.29 is 4.74 Å². The maximum atomic E-state index is 6.00. The lowest BCUT2D eigenvalue weighted by molar-refractivity contribution is 0.468. The topological polar surface area (TPSA) is 34.2 Å². The highest BCUT2D eigenvalue weighted by Crippen LogP contribution is 2.30. The summed E-state index contributed by atoms with van der Waals surface area (Å²) in [5.41, 5.74) is 1.00. The van der Waals surface area contributed by atoms with Crippen LogP contribution in [0.3, 0.4) is 0 Å². The number of benzene rings is 1. The van der Waals surface area contributed by atoms with Gasteiger partial charge in [-0.3, -0.25) is 4.98 Å². The number of pyridine rings is 1. The first-order valence-electron chi connectivity index (χ1n) is 6.82. The van der Waals surface area contributed by atoms with E-state index in [-0.39, 0.29) is 0 Å². The number of nitrogens with one attached hydrogen (secondary N) is 1. The zero-order chi connectivity index (χ0) is 15.2. The van der Waals surface area contributed by atoms with Crippen molar-refractivity contribution in [2.75, 3.05) is 6.54 Å². The molecular weight excluding hydrogens is 307 g/mol. The number of nitrogens with zero attached hydrogens (tertiary/aromatic N) is 1. The van der Waals surface area contributed by atoms with Crippen LogP contribution in [0.15, 0.2) is 36.7 Å². The third-order valence-corrected chi connectivity index (χ3v) is 3.58. The van der Waals surface area contributed by atoms with E-state index in [1.807, 2.05) is 6.07 Å². The minimum atomic E-state index is 0.475. The average molecular weight is 325 g/mol. The van der Waals surface area contributed by atoms with Crippen molar-refractivity contribution in [3.8, 4) is 11.5 Å². The number of ether oxygens (including phenoxy) is 1. The maximum Gasteiger partial charge on any atom is 0.134 e. The number of halogens is 2. The van der Waals surface area contributed by atoms with Gasteiger partial charge < -0.3 is 10.1 Å². The lowest BCUT2D eigenvalue weighted by Crippen LogP contribution is -2.19. The second kappa shape index (κ2) is 7.64. The molecule has 0 bridgehead atoms. The second-order valence-corrected chi connectivity index (χ2v) is 6.00. The van der Waals surface area contributed by atoms with Gasteiger partial charge in [0.15, 0.2) is 0 Å². The molecule has 3 nitrogen and oxygen atoms in total. The van der Waals surface area contributed by atoms with E-state index in [9.17, 15) is 0 Å². The van der Waals surface area contributed by atoms with Crippen LogP contribution in [0.5, 0.6) is 11.5 Å². The Labute approximate surface area is 135 Å². The van der Waals surface area contributed by atoms with Gasteiger partial charge in [0.2, 0.25) is 0 Å². The third kappa shape index (κ3) is 4.88. The molecule has 0 saturated carbocycles. The first-order valence-corrected chi connectivity index (χ1v) is 7.58. The summed E-state index contributed by atoms with van der Waals surface area (Å²) in [5.74, 6) is 2.02. The zero-order valence-electron chi connectivity index (χ0n) is 12.1. The SMILES string of the molecule is CC(C)CNCc1cnccc1Oc1ccc(Cl)c(Cl)c1. The summed E-state index contributed by atoms with van der Waals surface area (Å²) in [4.78, 5) is 4.15. The summed E-state index contributed by atoms with van der Waals surface area (Å²) in [6.07, 6.45) is 3.51. The molecule has 112 valence electrons. The molecule has 21 heavy (non-hydrogen) atoms. The molecule has 0 atom stereocenters. The fourth-order valence-corrected chi connectivity index (χ4v) is 2.10. The highest BCUT2D eigenvalue weighted by Gasteiger charge is 2.07. The van der Waals surface area contributed by atoms with Gasteiger partial charge in [0.1, 0.15) is 11.5 Å². The molecule has 1 aromatic carbocycles. The molecule has 0 saturated heterocycles. The molecule has 0 unspecified atom stereocenters. The van der Waals surface area contributed by atoms with Crippen molar-refractivity contribution in [3.63, 3.8) is 0 Å². The summed E-state index contributed by atoms with van der Waals surface area (Å²) >= 11 is 11.9. The monoisotopic (exact) mass is 324 g/mol. The Kier molecular flexibility index (Phi) is 5.85. The van der Waals surface area contributed by atoms with Crippen LogP contribution in [-0.4, -0.2) is 11.5 Å². The smallest absolute Gasteiger partial charge is 0.134 e. The standard InChI is InChI=1S/C16H18Cl2N2O/c1-11(2)8-20-10-12-9-19-6-5-16(12)21-13-3-4-14(17)15(18)7-13/h3-7,9,11,20H,8,10H2,1-2H3. The quantitative estimate of drug-likeness (QED) is 0.818. The summed E-state index contributed by atoms with van der Waals surface area (Å²) in [6, 6.07) is 7.06. The number of hydrogen-bond donors (Lipinski definition) is 1. The summed E-state index contributed by atoms with van der Waals surface area (Å²) in [6.45, 7) is 6.00. The Morgan fingerprint density at radius 3 is 2.71 bits per heavy atom. The third-order valence-electron chi connectivity index (χ3n) is 2.85. The van der Waals surface area contributed by atoms with Crippen LogP contribution in [0.2, 0.25) is 10.0 Å². The van der Waals surface area contributed by atoms with Crippen molar-refractivity contribution in [2.24, 2.45) is 5.92 Å². The fourth-order valence-electron chi connectivity index (χ4n) is 1.81. The Balaban J connectivity index is 2.10. The number of rotatable bonds is 6. The highest BCUT2D eigenvalue weighted by molar-refractivity contribution is 6.42. The molecule has 0 aliphatic carbocycles. The molecule has 2 rings (SSSR count). The van der Waals surface area contributed by atoms with Crippen LogP contribution >= 0.6 is 23.2 Å². The van der Waals surface area contributed by atoms with E-state index in [4.69, 9.17) is 27.9 Å². The zero-order valence-corrected chi connectivity index (χ0v) is 13.6. The number of hydrogen-bond acceptors (Lipinski definition) is 3. The van der Waals surface area contributed by atoms with Gasteiger partial charge in [0, 0.05) is 30.6 Å². The minimum absolute atomic E-state index is 0.475. The molecule has 0 aliphatic rings. The van der Waals surface area contributed by atoms with E-state index >= 15 is 0 Å². The first-order chi connectivity index (χ1) is 10.1. The van der Waals surface area contributed by atoms with Crippen LogP contribution in [0.25, 0.3) is 0 Å². The predicted molar refractivity (Wildman–Crippen MR) is 87.3 cm³/mol. The first kappa shape index (κ1) is 16.1. The Morgan fingerprint density at radius 1 is 1.19 bits per heavy atom. The van der Waals surface area contributed by atoms with Gasteiger partial charge in [0.25, 0.3) is 0 Å². The lowest BCUT2D eigenvalue weighted by atomic mass is 10.2. The molecule has 0 amide bonds. The van der Waals surface area contributed by atoms with Crippen molar-refractivity contribution in [3.05, 3.63) is 52.3 Å². The van der Waals surface area contributed by atoms with Crippen LogP contribution in [0.1, 0.15) is 19.4 Å². The van der Waals surface area contributed by atoms with Gasteiger partial charge in [0.05, 0.1) is 10.0 Å². The van der Waals surface area contributed by atoms with Crippen LogP contribution in [0, 0.1) is 5.92 Å². The average Bonchev–Trinajstić information content (AvgIpc) is 2.44. The Hall–Kier alpha value is -1.29. The van der Waals surface area contributed by atoms with Crippen LogP contribution < -0.4 is 10.1 Å². The fraction of sp³-hybridized carbons (Fsp3) is 0.312. The van der Waals surface area contributed by atoms with Crippen molar-refractivity contribution in [2.45, 2.75) is 20.4 Å². The Morgan fingerprint density at radius 2 is 2.00 bits per heavy atom.